The molecular formula is C12H9F3N4. The highest BCUT2D eigenvalue weighted by atomic mass is 19.4. The van der Waals surface area contributed by atoms with Crippen LogP contribution in [0.1, 0.15) is 17.0 Å². The third kappa shape index (κ3) is 3.04. The van der Waals surface area contributed by atoms with Gasteiger partial charge in [0.25, 0.3) is 0 Å². The van der Waals surface area contributed by atoms with Crippen molar-refractivity contribution in [1.29, 1.82) is 5.26 Å². The van der Waals surface area contributed by atoms with Crippen LogP contribution in [0.15, 0.2) is 30.6 Å². The van der Waals surface area contributed by atoms with Crippen LogP contribution in [0.3, 0.4) is 0 Å². The van der Waals surface area contributed by atoms with Crippen molar-refractivity contribution in [3.8, 4) is 6.07 Å². The topological polar surface area (TPSA) is 64.5 Å². The van der Waals surface area contributed by atoms with Crippen LogP contribution >= 0.6 is 0 Å². The van der Waals surface area contributed by atoms with Crippen LogP contribution in [0.4, 0.5) is 18.9 Å². The third-order valence-electron chi connectivity index (χ3n) is 2.46. The molecule has 4 nitrogen and oxygen atoms in total. The van der Waals surface area contributed by atoms with Crippen LogP contribution in [0.5, 0.6) is 0 Å². The molecule has 1 heterocycles. The highest BCUT2D eigenvalue weighted by Crippen LogP contribution is 2.33. The van der Waals surface area contributed by atoms with Crippen molar-refractivity contribution in [2.45, 2.75) is 12.7 Å². The number of aromatic amines is 1. The van der Waals surface area contributed by atoms with E-state index in [1.807, 2.05) is 0 Å². The summed E-state index contributed by atoms with van der Waals surface area (Å²) in [7, 11) is 0. The van der Waals surface area contributed by atoms with Gasteiger partial charge in [0.1, 0.15) is 5.82 Å². The summed E-state index contributed by atoms with van der Waals surface area (Å²) < 4.78 is 38.2. The van der Waals surface area contributed by atoms with E-state index in [1.165, 1.54) is 12.1 Å². The molecule has 0 atom stereocenters. The number of H-pyrrole nitrogens is 1. The number of benzene rings is 1. The number of hydrogen-bond acceptors (Lipinski definition) is 3. The maximum Gasteiger partial charge on any atom is 0.417 e. The van der Waals surface area contributed by atoms with Gasteiger partial charge in [0.05, 0.1) is 23.7 Å². The monoisotopic (exact) mass is 266 g/mol. The summed E-state index contributed by atoms with van der Waals surface area (Å²) in [6, 6.07) is 5.02. The van der Waals surface area contributed by atoms with Crippen molar-refractivity contribution in [2.24, 2.45) is 0 Å². The Bertz CT molecular complexity index is 596. The number of imidazole rings is 1. The van der Waals surface area contributed by atoms with E-state index < -0.39 is 17.3 Å². The molecule has 0 saturated carbocycles. The van der Waals surface area contributed by atoms with Gasteiger partial charge in [0.2, 0.25) is 0 Å². The van der Waals surface area contributed by atoms with E-state index in [9.17, 15) is 13.2 Å². The number of hydrogen-bond donors (Lipinski definition) is 2. The molecule has 0 aliphatic rings. The second-order valence-electron chi connectivity index (χ2n) is 3.76. The molecule has 1 aromatic carbocycles. The van der Waals surface area contributed by atoms with Crippen molar-refractivity contribution in [3.63, 3.8) is 0 Å². The van der Waals surface area contributed by atoms with Gasteiger partial charge >= 0.3 is 6.18 Å². The molecule has 19 heavy (non-hydrogen) atoms. The summed E-state index contributed by atoms with van der Waals surface area (Å²) in [5, 5.41) is 11.5. The Balaban J connectivity index is 2.21. The van der Waals surface area contributed by atoms with Crippen molar-refractivity contribution >= 4 is 5.69 Å². The lowest BCUT2D eigenvalue weighted by Crippen LogP contribution is -2.09. The minimum Gasteiger partial charge on any atom is -0.378 e. The number of nitrogens with zero attached hydrogens (tertiary/aromatic N) is 2. The van der Waals surface area contributed by atoms with Crippen molar-refractivity contribution in [1.82, 2.24) is 9.97 Å². The van der Waals surface area contributed by atoms with Crippen molar-refractivity contribution < 1.29 is 13.2 Å². The van der Waals surface area contributed by atoms with Gasteiger partial charge in [-0.1, -0.05) is 0 Å². The molecule has 0 spiro atoms. The van der Waals surface area contributed by atoms with Crippen molar-refractivity contribution in [2.75, 3.05) is 5.32 Å². The van der Waals surface area contributed by atoms with Gasteiger partial charge in [-0.2, -0.15) is 18.4 Å². The number of aromatic nitrogens is 2. The number of alkyl halides is 3. The van der Waals surface area contributed by atoms with Gasteiger partial charge in [0, 0.05) is 18.1 Å². The number of nitriles is 1. The highest BCUT2D eigenvalue weighted by molar-refractivity contribution is 5.53. The minimum atomic E-state index is -4.55. The van der Waals surface area contributed by atoms with E-state index in [0.717, 1.165) is 12.1 Å². The lowest BCUT2D eigenvalue weighted by atomic mass is 10.1. The number of halogens is 3. The molecule has 0 aliphatic heterocycles. The van der Waals surface area contributed by atoms with E-state index in [-0.39, 0.29) is 12.2 Å². The summed E-state index contributed by atoms with van der Waals surface area (Å²) in [5.74, 6) is 0.609. The first kappa shape index (κ1) is 13.0. The fourth-order valence-electron chi connectivity index (χ4n) is 1.57. The Kier molecular flexibility index (Phi) is 3.42. The fraction of sp³-hybridized carbons (Fsp3) is 0.167. The molecule has 0 saturated heterocycles. The van der Waals surface area contributed by atoms with Crippen LogP contribution in [0.25, 0.3) is 0 Å². The first-order chi connectivity index (χ1) is 9.00. The van der Waals surface area contributed by atoms with Gasteiger partial charge < -0.3 is 10.3 Å². The molecule has 2 aromatic rings. The predicted octanol–water partition coefficient (Wildman–Crippen LogP) is 2.91. The van der Waals surface area contributed by atoms with Gasteiger partial charge in [-0.3, -0.25) is 0 Å². The second kappa shape index (κ2) is 5.02. The molecule has 0 unspecified atom stereocenters. The smallest absolute Gasteiger partial charge is 0.378 e. The van der Waals surface area contributed by atoms with Crippen LogP contribution in [-0.4, -0.2) is 9.97 Å². The normalized spacial score (nSPS) is 11.1. The van der Waals surface area contributed by atoms with E-state index in [4.69, 9.17) is 5.26 Å². The van der Waals surface area contributed by atoms with Gasteiger partial charge in [-0.15, -0.1) is 0 Å². The highest BCUT2D eigenvalue weighted by Gasteiger charge is 2.33. The number of nitrogens with one attached hydrogen (secondary N) is 2. The number of rotatable bonds is 3. The van der Waals surface area contributed by atoms with E-state index >= 15 is 0 Å². The summed E-state index contributed by atoms with van der Waals surface area (Å²) in [5.41, 5.74) is -1.06. The maximum absolute atomic E-state index is 12.7. The first-order valence-electron chi connectivity index (χ1n) is 5.34. The molecule has 0 amide bonds. The van der Waals surface area contributed by atoms with E-state index in [0.29, 0.717) is 5.82 Å². The summed E-state index contributed by atoms with van der Waals surface area (Å²) in [4.78, 5) is 6.77. The number of anilines is 1. The van der Waals surface area contributed by atoms with Crippen LogP contribution < -0.4 is 5.32 Å². The lowest BCUT2D eigenvalue weighted by molar-refractivity contribution is -0.137. The zero-order valence-electron chi connectivity index (χ0n) is 9.62. The molecule has 7 heteroatoms. The summed E-state index contributed by atoms with van der Waals surface area (Å²) in [6.07, 6.45) is -1.37. The van der Waals surface area contributed by atoms with Gasteiger partial charge in [0.15, 0.2) is 0 Å². The quantitative estimate of drug-likeness (QED) is 0.897. The summed E-state index contributed by atoms with van der Waals surface area (Å²) >= 11 is 0. The molecule has 0 aliphatic carbocycles. The largest absolute Gasteiger partial charge is 0.417 e. The molecule has 0 fully saturated rings. The van der Waals surface area contributed by atoms with Gasteiger partial charge in [-0.05, 0) is 18.2 Å². The summed E-state index contributed by atoms with van der Waals surface area (Å²) in [6.45, 7) is 0.274. The average Bonchev–Trinajstić information content (AvgIpc) is 2.88. The molecule has 0 bridgehead atoms. The van der Waals surface area contributed by atoms with Crippen LogP contribution in [0.2, 0.25) is 0 Å². The van der Waals surface area contributed by atoms with Crippen LogP contribution in [-0.2, 0) is 12.7 Å². The molecule has 1 aromatic heterocycles. The Morgan fingerprint density at radius 3 is 2.74 bits per heavy atom. The molecule has 2 N–H and O–H groups in total. The minimum absolute atomic E-state index is 0.274. The predicted molar refractivity (Wildman–Crippen MR) is 62.1 cm³/mol. The Labute approximate surface area is 106 Å². The standard InChI is InChI=1S/C12H9F3N4/c13-12(14,15)10-5-9(2-1-8(10)6-16)19-7-11-17-3-4-18-11/h1-5,19H,7H2,(H,17,18). The third-order valence-corrected chi connectivity index (χ3v) is 2.46. The molecule has 98 valence electrons. The van der Waals surface area contributed by atoms with E-state index in [2.05, 4.69) is 15.3 Å². The lowest BCUT2D eigenvalue weighted by Gasteiger charge is -2.11. The van der Waals surface area contributed by atoms with E-state index in [1.54, 1.807) is 12.4 Å². The average molecular weight is 266 g/mol. The SMILES string of the molecule is N#Cc1ccc(NCc2ncc[nH]2)cc1C(F)(F)F. The Morgan fingerprint density at radius 1 is 1.37 bits per heavy atom. The fourth-order valence-corrected chi connectivity index (χ4v) is 1.57. The zero-order chi connectivity index (χ0) is 13.9. The first-order valence-corrected chi connectivity index (χ1v) is 5.34. The zero-order valence-corrected chi connectivity index (χ0v) is 9.62. The molecule has 0 radical (unpaired) electrons. The molecular weight excluding hydrogens is 257 g/mol. The Hall–Kier alpha value is -2.49. The second-order valence-corrected chi connectivity index (χ2v) is 3.76. The molecule has 2 rings (SSSR count). The van der Waals surface area contributed by atoms with Crippen LogP contribution in [0, 0.1) is 11.3 Å². The van der Waals surface area contributed by atoms with Crippen molar-refractivity contribution in [3.05, 3.63) is 47.5 Å². The Morgan fingerprint density at radius 2 is 2.16 bits per heavy atom. The maximum atomic E-state index is 12.7. The van der Waals surface area contributed by atoms with Gasteiger partial charge in [-0.25, -0.2) is 4.98 Å².